The molecule has 1 fully saturated rings. The third-order valence-electron chi connectivity index (χ3n) is 4.46. The summed E-state index contributed by atoms with van der Waals surface area (Å²) >= 11 is 0. The first kappa shape index (κ1) is 14.1. The van der Waals surface area contributed by atoms with Gasteiger partial charge in [0.25, 0.3) is 0 Å². The van der Waals surface area contributed by atoms with E-state index in [0.29, 0.717) is 13.2 Å². The average molecular weight is 288 g/mol. The van der Waals surface area contributed by atoms with Crippen molar-refractivity contribution in [2.45, 2.75) is 38.3 Å². The monoisotopic (exact) mass is 288 g/mol. The fraction of sp³-hybridized carbons (Fsp3) is 0.500. The highest BCUT2D eigenvalue weighted by atomic mass is 16.5. The summed E-state index contributed by atoms with van der Waals surface area (Å²) in [6.45, 7) is 5.12. The smallest absolute Gasteiger partial charge is 0.231 e. The second-order valence-corrected chi connectivity index (χ2v) is 5.74. The van der Waals surface area contributed by atoms with E-state index in [1.54, 1.807) is 0 Å². The number of ether oxygens (including phenoxy) is 1. The predicted molar refractivity (Wildman–Crippen MR) is 79.0 cm³/mol. The Hall–Kier alpha value is -1.88. The van der Waals surface area contributed by atoms with Crippen LogP contribution in [0.4, 0.5) is 5.69 Å². The van der Waals surface area contributed by atoms with Crippen molar-refractivity contribution in [3.63, 3.8) is 0 Å². The number of para-hydroxylation sites is 1. The minimum atomic E-state index is -0.386. The number of anilines is 1. The van der Waals surface area contributed by atoms with Crippen molar-refractivity contribution in [1.82, 2.24) is 4.90 Å². The second-order valence-electron chi connectivity index (χ2n) is 5.74. The molecule has 2 amide bonds. The molecule has 2 aliphatic heterocycles. The molecular formula is C16H20N2O3. The molecule has 0 aromatic heterocycles. The maximum absolute atomic E-state index is 12.9. The minimum Gasteiger partial charge on any atom is -0.375 e. The zero-order valence-corrected chi connectivity index (χ0v) is 12.3. The first-order valence-electron chi connectivity index (χ1n) is 7.39. The standard InChI is InChI=1S/C16H20N2O3/c1-10-11(2)21-8-7-18(10)16(20)13-9-15(19)17-14-6-4-3-5-12(13)14/h3-6,10-11,13H,7-9H2,1-2H3,(H,17,19). The van der Waals surface area contributed by atoms with Gasteiger partial charge in [0.2, 0.25) is 11.8 Å². The number of carbonyl (C=O) groups is 2. The van der Waals surface area contributed by atoms with Gasteiger partial charge >= 0.3 is 0 Å². The number of nitrogens with zero attached hydrogens (tertiary/aromatic N) is 1. The number of carbonyl (C=O) groups excluding carboxylic acids is 2. The fourth-order valence-corrected chi connectivity index (χ4v) is 3.08. The number of hydrogen-bond acceptors (Lipinski definition) is 3. The van der Waals surface area contributed by atoms with Gasteiger partial charge < -0.3 is 15.0 Å². The molecule has 5 nitrogen and oxygen atoms in total. The van der Waals surface area contributed by atoms with Gasteiger partial charge in [0.1, 0.15) is 0 Å². The molecule has 2 aliphatic rings. The molecule has 3 atom stereocenters. The van der Waals surface area contributed by atoms with E-state index >= 15 is 0 Å². The van der Waals surface area contributed by atoms with Crippen LogP contribution in [0.2, 0.25) is 0 Å². The predicted octanol–water partition coefficient (Wildman–Crippen LogP) is 1.75. The Bertz CT molecular complexity index is 572. The highest BCUT2D eigenvalue weighted by Crippen LogP contribution is 2.34. The molecule has 112 valence electrons. The minimum absolute atomic E-state index is 0.0235. The lowest BCUT2D eigenvalue weighted by atomic mass is 9.88. The third kappa shape index (κ3) is 2.53. The topological polar surface area (TPSA) is 58.6 Å². The zero-order valence-electron chi connectivity index (χ0n) is 12.3. The number of rotatable bonds is 1. The Morgan fingerprint density at radius 2 is 2.10 bits per heavy atom. The van der Waals surface area contributed by atoms with Crippen LogP contribution in [0, 0.1) is 0 Å². The molecule has 21 heavy (non-hydrogen) atoms. The fourth-order valence-electron chi connectivity index (χ4n) is 3.08. The molecule has 0 spiro atoms. The highest BCUT2D eigenvalue weighted by molar-refractivity contribution is 6.01. The van der Waals surface area contributed by atoms with E-state index in [4.69, 9.17) is 4.74 Å². The molecule has 0 saturated carbocycles. The molecule has 2 heterocycles. The van der Waals surface area contributed by atoms with Crippen molar-refractivity contribution in [2.75, 3.05) is 18.5 Å². The summed E-state index contributed by atoms with van der Waals surface area (Å²) in [6.07, 6.45) is 0.240. The van der Waals surface area contributed by atoms with Gasteiger partial charge in [-0.15, -0.1) is 0 Å². The lowest BCUT2D eigenvalue weighted by Gasteiger charge is -2.40. The molecule has 5 heteroatoms. The van der Waals surface area contributed by atoms with Crippen LogP contribution in [-0.2, 0) is 14.3 Å². The SMILES string of the molecule is CC1OCCN(C(=O)C2CC(=O)Nc3ccccc32)C1C. The molecule has 3 rings (SSSR count). The van der Waals surface area contributed by atoms with Gasteiger partial charge in [0, 0.05) is 18.7 Å². The number of amides is 2. The average Bonchev–Trinajstić information content (AvgIpc) is 2.48. The van der Waals surface area contributed by atoms with Gasteiger partial charge in [-0.25, -0.2) is 0 Å². The number of hydrogen-bond donors (Lipinski definition) is 1. The normalized spacial score (nSPS) is 28.8. The van der Waals surface area contributed by atoms with Crippen LogP contribution in [0.1, 0.15) is 31.7 Å². The van der Waals surface area contributed by atoms with E-state index in [1.807, 2.05) is 43.0 Å². The second kappa shape index (κ2) is 5.48. The summed E-state index contributed by atoms with van der Waals surface area (Å²) in [6, 6.07) is 7.57. The van der Waals surface area contributed by atoms with Gasteiger partial charge in [-0.05, 0) is 25.5 Å². The van der Waals surface area contributed by atoms with Crippen LogP contribution in [0.25, 0.3) is 0 Å². The molecule has 3 unspecified atom stereocenters. The highest BCUT2D eigenvalue weighted by Gasteiger charge is 2.37. The van der Waals surface area contributed by atoms with Gasteiger partial charge in [0.15, 0.2) is 0 Å². The van der Waals surface area contributed by atoms with Crippen molar-refractivity contribution >= 4 is 17.5 Å². The summed E-state index contributed by atoms with van der Waals surface area (Å²) < 4.78 is 5.58. The number of morpholine rings is 1. The van der Waals surface area contributed by atoms with Crippen LogP contribution in [0.5, 0.6) is 0 Å². The molecule has 1 N–H and O–H groups in total. The van der Waals surface area contributed by atoms with Crippen LogP contribution >= 0.6 is 0 Å². The summed E-state index contributed by atoms with van der Waals surface area (Å²) in [4.78, 5) is 26.6. The Morgan fingerprint density at radius 1 is 1.33 bits per heavy atom. The largest absolute Gasteiger partial charge is 0.375 e. The van der Waals surface area contributed by atoms with Gasteiger partial charge in [-0.1, -0.05) is 18.2 Å². The Morgan fingerprint density at radius 3 is 2.90 bits per heavy atom. The molecule has 1 saturated heterocycles. The van der Waals surface area contributed by atoms with Crippen LogP contribution < -0.4 is 5.32 Å². The van der Waals surface area contributed by atoms with Crippen molar-refractivity contribution in [3.05, 3.63) is 29.8 Å². The summed E-state index contributed by atoms with van der Waals surface area (Å²) in [5.74, 6) is -0.455. The lowest BCUT2D eigenvalue weighted by molar-refractivity contribution is -0.146. The zero-order chi connectivity index (χ0) is 15.0. The Labute approximate surface area is 124 Å². The first-order valence-corrected chi connectivity index (χ1v) is 7.39. The van der Waals surface area contributed by atoms with Crippen molar-refractivity contribution in [1.29, 1.82) is 0 Å². The summed E-state index contributed by atoms with van der Waals surface area (Å²) in [5, 5.41) is 2.83. The van der Waals surface area contributed by atoms with E-state index in [-0.39, 0.29) is 36.3 Å². The van der Waals surface area contributed by atoms with E-state index in [1.165, 1.54) is 0 Å². The van der Waals surface area contributed by atoms with Crippen molar-refractivity contribution in [3.8, 4) is 0 Å². The molecule has 0 bridgehead atoms. The molecule has 1 aromatic carbocycles. The Kier molecular flexibility index (Phi) is 3.68. The third-order valence-corrected chi connectivity index (χ3v) is 4.46. The molecular weight excluding hydrogens is 268 g/mol. The van der Waals surface area contributed by atoms with E-state index in [2.05, 4.69) is 5.32 Å². The van der Waals surface area contributed by atoms with Gasteiger partial charge in [-0.2, -0.15) is 0 Å². The molecule has 0 aliphatic carbocycles. The van der Waals surface area contributed by atoms with Crippen molar-refractivity contribution < 1.29 is 14.3 Å². The molecule has 0 radical (unpaired) electrons. The number of benzene rings is 1. The number of nitrogens with one attached hydrogen (secondary N) is 1. The van der Waals surface area contributed by atoms with Gasteiger partial charge in [-0.3, -0.25) is 9.59 Å². The lowest BCUT2D eigenvalue weighted by Crippen LogP contribution is -2.53. The van der Waals surface area contributed by atoms with E-state index < -0.39 is 0 Å². The first-order chi connectivity index (χ1) is 10.1. The van der Waals surface area contributed by atoms with Crippen LogP contribution in [0.15, 0.2) is 24.3 Å². The summed E-state index contributed by atoms with van der Waals surface area (Å²) in [5.41, 5.74) is 1.66. The van der Waals surface area contributed by atoms with E-state index in [9.17, 15) is 9.59 Å². The van der Waals surface area contributed by atoms with E-state index in [0.717, 1.165) is 11.3 Å². The van der Waals surface area contributed by atoms with Crippen LogP contribution in [0.3, 0.4) is 0 Å². The van der Waals surface area contributed by atoms with Crippen molar-refractivity contribution in [2.24, 2.45) is 0 Å². The summed E-state index contributed by atoms with van der Waals surface area (Å²) in [7, 11) is 0. The van der Waals surface area contributed by atoms with Gasteiger partial charge in [0.05, 0.1) is 24.7 Å². The maximum Gasteiger partial charge on any atom is 0.231 e. The maximum atomic E-state index is 12.9. The Balaban J connectivity index is 1.89. The van der Waals surface area contributed by atoms with Crippen LogP contribution in [-0.4, -0.2) is 42.0 Å². The quantitative estimate of drug-likeness (QED) is 0.856. The molecule has 1 aromatic rings. The number of fused-ring (bicyclic) bond motifs is 1.